The molecule has 7 nitrogen and oxygen atoms in total. The lowest BCUT2D eigenvalue weighted by Crippen LogP contribution is -2.37. The van der Waals surface area contributed by atoms with Crippen molar-refractivity contribution in [2.45, 2.75) is 57.5 Å². The average molecular weight is 467 g/mol. The highest BCUT2D eigenvalue weighted by molar-refractivity contribution is 8.00. The molecule has 8 heteroatoms. The first-order valence-corrected chi connectivity index (χ1v) is 12.0. The van der Waals surface area contributed by atoms with E-state index in [-0.39, 0.29) is 23.9 Å². The van der Waals surface area contributed by atoms with E-state index in [4.69, 9.17) is 0 Å². The standard InChI is InChI=1S/C25H30N4O3S/c1-5-6-14-29-24(32)19-12-7-8-13-20(19)27-25(29)33-18(4)23(31)26-15-21(30)28-22-16(2)10-9-11-17(22)3/h7-13,18H,5-6,14-15H2,1-4H3,(H,26,31)(H,28,30). The monoisotopic (exact) mass is 466 g/mol. The summed E-state index contributed by atoms with van der Waals surface area (Å²) in [7, 11) is 0. The number of thioether (sulfide) groups is 1. The van der Waals surface area contributed by atoms with Gasteiger partial charge in [0.15, 0.2) is 5.16 Å². The van der Waals surface area contributed by atoms with Gasteiger partial charge in [0.25, 0.3) is 5.56 Å². The van der Waals surface area contributed by atoms with Crippen LogP contribution in [-0.2, 0) is 16.1 Å². The predicted molar refractivity (Wildman–Crippen MR) is 134 cm³/mol. The SMILES string of the molecule is CCCCn1c(SC(C)C(=O)NCC(=O)Nc2c(C)cccc2C)nc2ccccc2c1=O. The third-order valence-corrected chi connectivity index (χ3v) is 6.47. The minimum absolute atomic E-state index is 0.0999. The van der Waals surface area contributed by atoms with E-state index < -0.39 is 5.25 Å². The number of nitrogens with one attached hydrogen (secondary N) is 2. The molecule has 0 fully saturated rings. The number of benzene rings is 2. The van der Waals surface area contributed by atoms with Gasteiger partial charge in [-0.1, -0.05) is 55.4 Å². The summed E-state index contributed by atoms with van der Waals surface area (Å²) in [5.74, 6) is -0.581. The van der Waals surface area contributed by atoms with Crippen molar-refractivity contribution in [1.82, 2.24) is 14.9 Å². The second-order valence-electron chi connectivity index (χ2n) is 8.01. The van der Waals surface area contributed by atoms with E-state index in [9.17, 15) is 14.4 Å². The van der Waals surface area contributed by atoms with Crippen molar-refractivity contribution in [3.8, 4) is 0 Å². The van der Waals surface area contributed by atoms with Gasteiger partial charge in [-0.3, -0.25) is 19.0 Å². The molecular formula is C25H30N4O3S. The van der Waals surface area contributed by atoms with Crippen molar-refractivity contribution < 1.29 is 9.59 Å². The summed E-state index contributed by atoms with van der Waals surface area (Å²) in [6.07, 6.45) is 1.78. The van der Waals surface area contributed by atoms with Gasteiger partial charge in [0.2, 0.25) is 11.8 Å². The first-order chi connectivity index (χ1) is 15.8. The van der Waals surface area contributed by atoms with Crippen LogP contribution in [0.3, 0.4) is 0 Å². The topological polar surface area (TPSA) is 93.1 Å². The summed E-state index contributed by atoms with van der Waals surface area (Å²) in [4.78, 5) is 42.7. The van der Waals surface area contributed by atoms with E-state index in [1.165, 1.54) is 11.8 Å². The highest BCUT2D eigenvalue weighted by atomic mass is 32.2. The molecule has 0 aliphatic heterocycles. The van der Waals surface area contributed by atoms with Gasteiger partial charge in [0, 0.05) is 12.2 Å². The molecular weight excluding hydrogens is 436 g/mol. The Kier molecular flexibility index (Phi) is 8.27. The molecule has 174 valence electrons. The fourth-order valence-electron chi connectivity index (χ4n) is 3.47. The van der Waals surface area contributed by atoms with Crippen molar-refractivity contribution in [2.75, 3.05) is 11.9 Å². The van der Waals surface area contributed by atoms with Crippen LogP contribution < -0.4 is 16.2 Å². The zero-order valence-electron chi connectivity index (χ0n) is 19.5. The van der Waals surface area contributed by atoms with Crippen molar-refractivity contribution in [3.05, 3.63) is 63.9 Å². The third-order valence-electron chi connectivity index (χ3n) is 5.38. The smallest absolute Gasteiger partial charge is 0.262 e. The third kappa shape index (κ3) is 6.01. The summed E-state index contributed by atoms with van der Waals surface area (Å²) in [6, 6.07) is 13.0. The summed E-state index contributed by atoms with van der Waals surface area (Å²) in [5, 5.41) is 6.10. The van der Waals surface area contributed by atoms with Crippen molar-refractivity contribution >= 4 is 40.2 Å². The number of unbranched alkanes of at least 4 members (excludes halogenated alkanes) is 1. The van der Waals surface area contributed by atoms with E-state index in [0.717, 1.165) is 29.7 Å². The number of para-hydroxylation sites is 2. The second kappa shape index (κ2) is 11.1. The molecule has 3 rings (SSSR count). The molecule has 33 heavy (non-hydrogen) atoms. The van der Waals surface area contributed by atoms with Crippen LogP contribution in [0.15, 0.2) is 52.4 Å². The summed E-state index contributed by atoms with van der Waals surface area (Å²) >= 11 is 1.23. The Morgan fingerprint density at radius 2 is 1.79 bits per heavy atom. The number of rotatable bonds is 9. The number of nitrogens with zero attached hydrogens (tertiary/aromatic N) is 2. The molecule has 2 N–H and O–H groups in total. The Labute approximate surface area is 198 Å². The maximum atomic E-state index is 13.0. The number of carbonyl (C=O) groups is 2. The van der Waals surface area contributed by atoms with Gasteiger partial charge in [-0.25, -0.2) is 4.98 Å². The maximum Gasteiger partial charge on any atom is 0.262 e. The lowest BCUT2D eigenvalue weighted by atomic mass is 10.1. The van der Waals surface area contributed by atoms with Crippen LogP contribution in [0.4, 0.5) is 5.69 Å². The first-order valence-electron chi connectivity index (χ1n) is 11.1. The number of carbonyl (C=O) groups excluding carboxylic acids is 2. The Bertz CT molecular complexity index is 1200. The molecule has 1 atom stereocenters. The number of amides is 2. The molecule has 0 saturated heterocycles. The van der Waals surface area contributed by atoms with Crippen LogP contribution in [0, 0.1) is 13.8 Å². The number of fused-ring (bicyclic) bond motifs is 1. The molecule has 0 spiro atoms. The predicted octanol–water partition coefficient (Wildman–Crippen LogP) is 4.05. The second-order valence-corrected chi connectivity index (χ2v) is 9.32. The van der Waals surface area contributed by atoms with Gasteiger partial charge < -0.3 is 10.6 Å². The van der Waals surface area contributed by atoms with Crippen LogP contribution in [0.25, 0.3) is 10.9 Å². The molecule has 0 bridgehead atoms. The highest BCUT2D eigenvalue weighted by Gasteiger charge is 2.20. The Morgan fingerprint density at radius 3 is 2.48 bits per heavy atom. The molecule has 1 heterocycles. The van der Waals surface area contributed by atoms with Crippen LogP contribution in [0.2, 0.25) is 0 Å². The number of hydrogen-bond donors (Lipinski definition) is 2. The number of anilines is 1. The number of hydrogen-bond acceptors (Lipinski definition) is 5. The summed E-state index contributed by atoms with van der Waals surface area (Å²) in [6.45, 7) is 8.07. The Hall–Kier alpha value is -3.13. The lowest BCUT2D eigenvalue weighted by Gasteiger charge is -2.16. The minimum Gasteiger partial charge on any atom is -0.346 e. The maximum absolute atomic E-state index is 13.0. The average Bonchev–Trinajstić information content (AvgIpc) is 2.79. The molecule has 1 unspecified atom stereocenters. The van der Waals surface area contributed by atoms with E-state index in [1.807, 2.05) is 44.2 Å². The molecule has 0 aliphatic carbocycles. The molecule has 0 saturated carbocycles. The number of aromatic nitrogens is 2. The molecule has 0 radical (unpaired) electrons. The van der Waals surface area contributed by atoms with Crippen molar-refractivity contribution in [3.63, 3.8) is 0 Å². The molecule has 1 aromatic heterocycles. The van der Waals surface area contributed by atoms with Crippen molar-refractivity contribution in [2.24, 2.45) is 0 Å². The zero-order chi connectivity index (χ0) is 24.0. The van der Waals surface area contributed by atoms with Gasteiger partial charge in [-0.05, 0) is 50.5 Å². The highest BCUT2D eigenvalue weighted by Crippen LogP contribution is 2.23. The normalized spacial score (nSPS) is 11.9. The van der Waals surface area contributed by atoms with E-state index >= 15 is 0 Å². The van der Waals surface area contributed by atoms with E-state index in [1.54, 1.807) is 23.6 Å². The zero-order valence-corrected chi connectivity index (χ0v) is 20.3. The van der Waals surface area contributed by atoms with E-state index in [2.05, 4.69) is 22.5 Å². The van der Waals surface area contributed by atoms with Gasteiger partial charge in [0.1, 0.15) is 0 Å². The quantitative estimate of drug-likeness (QED) is 0.367. The number of aryl methyl sites for hydroxylation is 2. The van der Waals surface area contributed by atoms with Gasteiger partial charge in [-0.15, -0.1) is 0 Å². The summed E-state index contributed by atoms with van der Waals surface area (Å²) in [5.41, 5.74) is 3.20. The van der Waals surface area contributed by atoms with Crippen LogP contribution in [0.5, 0.6) is 0 Å². The van der Waals surface area contributed by atoms with Crippen LogP contribution >= 0.6 is 11.8 Å². The van der Waals surface area contributed by atoms with Crippen LogP contribution in [-0.4, -0.2) is 33.2 Å². The largest absolute Gasteiger partial charge is 0.346 e. The summed E-state index contributed by atoms with van der Waals surface area (Å²) < 4.78 is 1.65. The first kappa shape index (κ1) is 24.5. The fraction of sp³-hybridized carbons (Fsp3) is 0.360. The minimum atomic E-state index is -0.529. The van der Waals surface area contributed by atoms with Gasteiger partial charge in [-0.2, -0.15) is 0 Å². The van der Waals surface area contributed by atoms with Crippen molar-refractivity contribution in [1.29, 1.82) is 0 Å². The molecule has 2 aromatic carbocycles. The molecule has 3 aromatic rings. The fourth-order valence-corrected chi connectivity index (χ4v) is 4.43. The molecule has 2 amide bonds. The Morgan fingerprint density at radius 1 is 1.09 bits per heavy atom. The lowest BCUT2D eigenvalue weighted by molar-refractivity contribution is -0.123. The Balaban J connectivity index is 1.69. The van der Waals surface area contributed by atoms with Gasteiger partial charge >= 0.3 is 0 Å². The van der Waals surface area contributed by atoms with Gasteiger partial charge in [0.05, 0.1) is 22.7 Å². The van der Waals surface area contributed by atoms with E-state index in [0.29, 0.717) is 22.6 Å². The molecule has 0 aliphatic rings. The van der Waals surface area contributed by atoms with Crippen LogP contribution in [0.1, 0.15) is 37.8 Å².